The number of carbonyl (C=O) groups is 1. The van der Waals surface area contributed by atoms with Crippen LogP contribution in [0.1, 0.15) is 37.6 Å². The van der Waals surface area contributed by atoms with Crippen molar-refractivity contribution in [3.8, 4) is 0 Å². The quantitative estimate of drug-likeness (QED) is 0.867. The summed E-state index contributed by atoms with van der Waals surface area (Å²) in [6.45, 7) is 6.85. The fraction of sp³-hybridized carbons (Fsp3) is 0.462. The first-order chi connectivity index (χ1) is 7.97. The maximum atomic E-state index is 12.3. The van der Waals surface area contributed by atoms with E-state index in [1.165, 1.54) is 0 Å². The van der Waals surface area contributed by atoms with Crippen LogP contribution < -0.4 is 5.73 Å². The zero-order valence-corrected chi connectivity index (χ0v) is 12.1. The van der Waals surface area contributed by atoms with Gasteiger partial charge in [0.05, 0.1) is 5.56 Å². The molecular weight excluding hydrogens is 280 g/mol. The van der Waals surface area contributed by atoms with Gasteiger partial charge in [-0.15, -0.1) is 0 Å². The minimum absolute atomic E-state index is 0.00634. The lowest BCUT2D eigenvalue weighted by Gasteiger charge is -2.26. The van der Waals surface area contributed by atoms with Gasteiger partial charge in [-0.25, -0.2) is 0 Å². The van der Waals surface area contributed by atoms with E-state index in [0.717, 1.165) is 17.4 Å². The standard InChI is InChI=1S/C13H19BrN2O/c1-4-7-16(9(2)3)13(17)11-6-5-10(14)8-12(11)15/h5-6,8-9H,4,7,15H2,1-3H3. The lowest BCUT2D eigenvalue weighted by Crippen LogP contribution is -2.37. The van der Waals surface area contributed by atoms with Gasteiger partial charge >= 0.3 is 0 Å². The zero-order chi connectivity index (χ0) is 13.0. The highest BCUT2D eigenvalue weighted by molar-refractivity contribution is 9.10. The summed E-state index contributed by atoms with van der Waals surface area (Å²) < 4.78 is 0.887. The molecule has 0 spiro atoms. The van der Waals surface area contributed by atoms with E-state index < -0.39 is 0 Å². The molecule has 0 aliphatic rings. The van der Waals surface area contributed by atoms with E-state index in [4.69, 9.17) is 5.73 Å². The summed E-state index contributed by atoms with van der Waals surface area (Å²) in [6, 6.07) is 5.56. The molecule has 0 bridgehead atoms. The molecule has 0 atom stereocenters. The largest absolute Gasteiger partial charge is 0.398 e. The van der Waals surface area contributed by atoms with E-state index in [2.05, 4.69) is 22.9 Å². The van der Waals surface area contributed by atoms with Crippen LogP contribution in [0, 0.1) is 0 Å². The van der Waals surface area contributed by atoms with E-state index in [1.54, 1.807) is 12.1 Å². The molecule has 1 aromatic rings. The molecule has 0 fully saturated rings. The van der Waals surface area contributed by atoms with Crippen LogP contribution in [0.3, 0.4) is 0 Å². The molecule has 1 rings (SSSR count). The van der Waals surface area contributed by atoms with Crippen LogP contribution in [0.2, 0.25) is 0 Å². The van der Waals surface area contributed by atoms with Gasteiger partial charge in [-0.2, -0.15) is 0 Å². The third-order valence-corrected chi connectivity index (χ3v) is 3.09. The normalized spacial score (nSPS) is 10.6. The van der Waals surface area contributed by atoms with Crippen molar-refractivity contribution >= 4 is 27.5 Å². The summed E-state index contributed by atoms with van der Waals surface area (Å²) >= 11 is 3.34. The molecular formula is C13H19BrN2O. The van der Waals surface area contributed by atoms with Crippen molar-refractivity contribution in [1.82, 2.24) is 4.90 Å². The van der Waals surface area contributed by atoms with Crippen molar-refractivity contribution in [3.63, 3.8) is 0 Å². The Hall–Kier alpha value is -1.03. The highest BCUT2D eigenvalue weighted by atomic mass is 79.9. The fourth-order valence-corrected chi connectivity index (χ4v) is 2.10. The van der Waals surface area contributed by atoms with Crippen molar-refractivity contribution in [3.05, 3.63) is 28.2 Å². The van der Waals surface area contributed by atoms with Gasteiger partial charge in [0.2, 0.25) is 0 Å². The third kappa shape index (κ3) is 3.46. The van der Waals surface area contributed by atoms with Crippen molar-refractivity contribution in [2.75, 3.05) is 12.3 Å². The Bertz CT molecular complexity index is 404. The summed E-state index contributed by atoms with van der Waals surface area (Å²) in [4.78, 5) is 14.2. The maximum absolute atomic E-state index is 12.3. The third-order valence-electron chi connectivity index (χ3n) is 2.59. The van der Waals surface area contributed by atoms with Gasteiger partial charge in [0.25, 0.3) is 5.91 Å². The number of rotatable bonds is 4. The number of anilines is 1. The number of nitrogens with two attached hydrogens (primary N) is 1. The van der Waals surface area contributed by atoms with E-state index in [0.29, 0.717) is 11.3 Å². The summed E-state index contributed by atoms with van der Waals surface area (Å²) in [5.41, 5.74) is 6.98. The second kappa shape index (κ2) is 6.05. The van der Waals surface area contributed by atoms with Gasteiger partial charge in [-0.1, -0.05) is 22.9 Å². The first-order valence-electron chi connectivity index (χ1n) is 5.83. The predicted octanol–water partition coefficient (Wildman–Crippen LogP) is 3.29. The molecule has 0 saturated heterocycles. The van der Waals surface area contributed by atoms with Gasteiger partial charge in [-0.3, -0.25) is 4.79 Å². The Balaban J connectivity index is 3.01. The van der Waals surface area contributed by atoms with E-state index in [-0.39, 0.29) is 11.9 Å². The average molecular weight is 299 g/mol. The molecule has 2 N–H and O–H groups in total. The minimum atomic E-state index is 0.00634. The number of nitrogen functional groups attached to an aromatic ring is 1. The summed E-state index contributed by atoms with van der Waals surface area (Å²) in [6.07, 6.45) is 0.945. The molecule has 0 unspecified atom stereocenters. The molecule has 0 aromatic heterocycles. The Morgan fingerprint density at radius 2 is 2.12 bits per heavy atom. The number of amides is 1. The average Bonchev–Trinajstić information content (AvgIpc) is 2.24. The molecule has 0 saturated carbocycles. The van der Waals surface area contributed by atoms with E-state index >= 15 is 0 Å². The van der Waals surface area contributed by atoms with Crippen LogP contribution in [0.25, 0.3) is 0 Å². The number of nitrogens with zero attached hydrogens (tertiary/aromatic N) is 1. The summed E-state index contributed by atoms with van der Waals surface area (Å²) in [5, 5.41) is 0. The van der Waals surface area contributed by atoms with Crippen LogP contribution >= 0.6 is 15.9 Å². The Kier molecular flexibility index (Phi) is 5.00. The minimum Gasteiger partial charge on any atom is -0.398 e. The maximum Gasteiger partial charge on any atom is 0.256 e. The number of benzene rings is 1. The first-order valence-corrected chi connectivity index (χ1v) is 6.62. The van der Waals surface area contributed by atoms with Gasteiger partial charge < -0.3 is 10.6 Å². The molecule has 4 heteroatoms. The first kappa shape index (κ1) is 14.0. The van der Waals surface area contributed by atoms with E-state index in [1.807, 2.05) is 24.8 Å². The lowest BCUT2D eigenvalue weighted by molar-refractivity contribution is 0.0707. The van der Waals surface area contributed by atoms with E-state index in [9.17, 15) is 4.79 Å². The van der Waals surface area contributed by atoms with Crippen LogP contribution in [0.15, 0.2) is 22.7 Å². The number of halogens is 1. The molecule has 1 aromatic carbocycles. The van der Waals surface area contributed by atoms with Crippen molar-refractivity contribution in [2.24, 2.45) is 0 Å². The van der Waals surface area contributed by atoms with Crippen LogP contribution in [0.4, 0.5) is 5.69 Å². The smallest absolute Gasteiger partial charge is 0.256 e. The topological polar surface area (TPSA) is 46.3 Å². The summed E-state index contributed by atoms with van der Waals surface area (Å²) in [7, 11) is 0. The predicted molar refractivity (Wildman–Crippen MR) is 75.0 cm³/mol. The lowest BCUT2D eigenvalue weighted by atomic mass is 10.1. The molecule has 0 aliphatic heterocycles. The van der Waals surface area contributed by atoms with Gasteiger partial charge in [-0.05, 0) is 38.5 Å². The highest BCUT2D eigenvalue weighted by Gasteiger charge is 2.19. The molecule has 0 radical (unpaired) electrons. The van der Waals surface area contributed by atoms with Crippen LogP contribution in [-0.4, -0.2) is 23.4 Å². The van der Waals surface area contributed by atoms with Crippen molar-refractivity contribution in [2.45, 2.75) is 33.2 Å². The second-order valence-electron chi connectivity index (χ2n) is 4.32. The van der Waals surface area contributed by atoms with Crippen molar-refractivity contribution in [1.29, 1.82) is 0 Å². The number of hydrogen-bond acceptors (Lipinski definition) is 2. The fourth-order valence-electron chi connectivity index (χ4n) is 1.72. The SMILES string of the molecule is CCCN(C(=O)c1ccc(Br)cc1N)C(C)C. The van der Waals surface area contributed by atoms with Crippen LogP contribution in [0.5, 0.6) is 0 Å². The molecule has 17 heavy (non-hydrogen) atoms. The Morgan fingerprint density at radius 1 is 1.47 bits per heavy atom. The molecule has 3 nitrogen and oxygen atoms in total. The highest BCUT2D eigenvalue weighted by Crippen LogP contribution is 2.21. The zero-order valence-electron chi connectivity index (χ0n) is 10.5. The Labute approximate surface area is 111 Å². The number of hydrogen-bond donors (Lipinski definition) is 1. The van der Waals surface area contributed by atoms with Gasteiger partial charge in [0.1, 0.15) is 0 Å². The second-order valence-corrected chi connectivity index (χ2v) is 5.24. The molecule has 0 aliphatic carbocycles. The molecule has 94 valence electrons. The Morgan fingerprint density at radius 3 is 2.59 bits per heavy atom. The van der Waals surface area contributed by atoms with Crippen LogP contribution in [-0.2, 0) is 0 Å². The van der Waals surface area contributed by atoms with Gasteiger partial charge in [0, 0.05) is 22.7 Å². The molecule has 0 heterocycles. The number of carbonyl (C=O) groups excluding carboxylic acids is 1. The van der Waals surface area contributed by atoms with Crippen molar-refractivity contribution < 1.29 is 4.79 Å². The van der Waals surface area contributed by atoms with Gasteiger partial charge in [0.15, 0.2) is 0 Å². The summed E-state index contributed by atoms with van der Waals surface area (Å²) in [5.74, 6) is 0.00634. The monoisotopic (exact) mass is 298 g/mol. The molecule has 1 amide bonds.